The lowest BCUT2D eigenvalue weighted by Crippen LogP contribution is -2.28. The molecule has 0 aromatic carbocycles. The quantitative estimate of drug-likeness (QED) is 0.746. The van der Waals surface area contributed by atoms with Gasteiger partial charge in [0.1, 0.15) is 6.61 Å². The summed E-state index contributed by atoms with van der Waals surface area (Å²) in [7, 11) is 0. The van der Waals surface area contributed by atoms with Crippen LogP contribution in [0.2, 0.25) is 0 Å². The molecule has 2 heterocycles. The Bertz CT molecular complexity index is 324. The lowest BCUT2D eigenvalue weighted by atomic mass is 10.1. The summed E-state index contributed by atoms with van der Waals surface area (Å²) in [4.78, 5) is 11.1. The van der Waals surface area contributed by atoms with Crippen LogP contribution >= 0.6 is 15.9 Å². The van der Waals surface area contributed by atoms with Gasteiger partial charge in [-0.25, -0.2) is 0 Å². The fourth-order valence-electron chi connectivity index (χ4n) is 1.37. The van der Waals surface area contributed by atoms with E-state index in [1.54, 1.807) is 10.9 Å². The minimum atomic E-state index is 0.0625. The summed E-state index contributed by atoms with van der Waals surface area (Å²) >= 11 is 3.30. The van der Waals surface area contributed by atoms with E-state index in [9.17, 15) is 4.79 Å². The number of ether oxygens (including phenoxy) is 1. The zero-order valence-corrected chi connectivity index (χ0v) is 8.53. The molecular weight excluding hydrogens is 236 g/mol. The van der Waals surface area contributed by atoms with Crippen LogP contribution in [-0.4, -0.2) is 28.8 Å². The highest BCUT2D eigenvalue weighted by Gasteiger charge is 2.21. The van der Waals surface area contributed by atoms with E-state index in [0.29, 0.717) is 13.0 Å². The largest absolute Gasteiger partial charge is 0.371 e. The van der Waals surface area contributed by atoms with Gasteiger partial charge in [0.15, 0.2) is 5.78 Å². The molecule has 0 bridgehead atoms. The molecule has 1 aliphatic heterocycles. The van der Waals surface area contributed by atoms with Crippen molar-refractivity contribution in [2.45, 2.75) is 12.5 Å². The maximum Gasteiger partial charge on any atom is 0.160 e. The van der Waals surface area contributed by atoms with Crippen LogP contribution < -0.4 is 0 Å². The Balaban J connectivity index is 2.12. The summed E-state index contributed by atoms with van der Waals surface area (Å²) in [5, 5.41) is 4.11. The summed E-state index contributed by atoms with van der Waals surface area (Å²) in [6.45, 7) is 0.818. The predicted molar refractivity (Wildman–Crippen MR) is 49.4 cm³/mol. The standard InChI is InChI=1S/C8H9BrN2O2/c9-6-2-10-11(3-6)7-1-8(12)5-13-4-7/h2-3,7H,1,4-5H2. The first kappa shape index (κ1) is 8.90. The van der Waals surface area contributed by atoms with E-state index in [0.717, 1.165) is 4.47 Å². The van der Waals surface area contributed by atoms with Gasteiger partial charge in [0.2, 0.25) is 0 Å². The minimum absolute atomic E-state index is 0.0625. The average Bonchev–Trinajstić information content (AvgIpc) is 2.52. The zero-order chi connectivity index (χ0) is 9.26. The molecule has 1 unspecified atom stereocenters. The van der Waals surface area contributed by atoms with Crippen molar-refractivity contribution in [3.05, 3.63) is 16.9 Å². The maximum absolute atomic E-state index is 11.1. The first-order valence-electron chi connectivity index (χ1n) is 4.05. The normalized spacial score (nSPS) is 23.5. The molecule has 0 spiro atoms. The predicted octanol–water partition coefficient (Wildman–Crippen LogP) is 1.18. The number of nitrogens with zero attached hydrogens (tertiary/aromatic N) is 2. The second-order valence-corrected chi connectivity index (χ2v) is 3.97. The van der Waals surface area contributed by atoms with Gasteiger partial charge in [0.05, 0.1) is 23.3 Å². The van der Waals surface area contributed by atoms with Crippen LogP contribution in [0.15, 0.2) is 16.9 Å². The van der Waals surface area contributed by atoms with Crippen molar-refractivity contribution >= 4 is 21.7 Å². The van der Waals surface area contributed by atoms with Gasteiger partial charge in [-0.15, -0.1) is 0 Å². The van der Waals surface area contributed by atoms with Gasteiger partial charge in [-0.3, -0.25) is 9.48 Å². The van der Waals surface area contributed by atoms with Gasteiger partial charge in [-0.2, -0.15) is 5.10 Å². The maximum atomic E-state index is 11.1. The first-order valence-corrected chi connectivity index (χ1v) is 4.84. The van der Waals surface area contributed by atoms with Gasteiger partial charge in [-0.05, 0) is 15.9 Å². The van der Waals surface area contributed by atoms with Gasteiger partial charge in [-0.1, -0.05) is 0 Å². The monoisotopic (exact) mass is 244 g/mol. The van der Waals surface area contributed by atoms with Crippen LogP contribution in [0.3, 0.4) is 0 Å². The fourth-order valence-corrected chi connectivity index (χ4v) is 1.68. The average molecular weight is 245 g/mol. The van der Waals surface area contributed by atoms with Gasteiger partial charge < -0.3 is 4.74 Å². The molecule has 1 aromatic heterocycles. The Morgan fingerprint density at radius 1 is 1.69 bits per heavy atom. The van der Waals surface area contributed by atoms with E-state index in [2.05, 4.69) is 21.0 Å². The highest BCUT2D eigenvalue weighted by Crippen LogP contribution is 2.18. The summed E-state index contributed by atoms with van der Waals surface area (Å²) in [6.07, 6.45) is 4.08. The highest BCUT2D eigenvalue weighted by molar-refractivity contribution is 9.10. The second-order valence-electron chi connectivity index (χ2n) is 3.05. The molecule has 1 saturated heterocycles. The molecule has 0 saturated carbocycles. The molecule has 5 heteroatoms. The number of halogens is 1. The van der Waals surface area contributed by atoms with Crippen LogP contribution in [0.5, 0.6) is 0 Å². The van der Waals surface area contributed by atoms with Crippen LogP contribution in [0.4, 0.5) is 0 Å². The molecule has 0 amide bonds. The number of aromatic nitrogens is 2. The number of hydrogen-bond donors (Lipinski definition) is 0. The molecule has 1 fully saturated rings. The van der Waals surface area contributed by atoms with Crippen LogP contribution in [0.25, 0.3) is 0 Å². The number of carbonyl (C=O) groups excluding carboxylic acids is 1. The van der Waals surface area contributed by atoms with E-state index in [4.69, 9.17) is 4.74 Å². The molecule has 0 aliphatic carbocycles. The lowest BCUT2D eigenvalue weighted by Gasteiger charge is -2.21. The lowest BCUT2D eigenvalue weighted by molar-refractivity contribution is -0.129. The summed E-state index contributed by atoms with van der Waals surface area (Å²) in [5.74, 6) is 0.142. The Morgan fingerprint density at radius 2 is 2.54 bits per heavy atom. The smallest absolute Gasteiger partial charge is 0.160 e. The van der Waals surface area contributed by atoms with E-state index >= 15 is 0 Å². The molecule has 0 N–H and O–H groups in total. The topological polar surface area (TPSA) is 44.1 Å². The van der Waals surface area contributed by atoms with Crippen LogP contribution in [0, 0.1) is 0 Å². The summed E-state index contributed by atoms with van der Waals surface area (Å²) in [5.41, 5.74) is 0. The number of Topliss-reactive ketones (excluding diaryl/α,β-unsaturated/α-hetero) is 1. The van der Waals surface area contributed by atoms with Crippen molar-refractivity contribution in [3.8, 4) is 0 Å². The molecule has 70 valence electrons. The fraction of sp³-hybridized carbons (Fsp3) is 0.500. The third-order valence-electron chi connectivity index (χ3n) is 1.98. The van der Waals surface area contributed by atoms with Crippen molar-refractivity contribution in [2.24, 2.45) is 0 Å². The van der Waals surface area contributed by atoms with E-state index < -0.39 is 0 Å². The molecule has 1 aliphatic rings. The Morgan fingerprint density at radius 3 is 3.15 bits per heavy atom. The van der Waals surface area contributed by atoms with Crippen molar-refractivity contribution in [2.75, 3.05) is 13.2 Å². The van der Waals surface area contributed by atoms with Crippen LogP contribution in [-0.2, 0) is 9.53 Å². The number of rotatable bonds is 1. The van der Waals surface area contributed by atoms with E-state index in [1.807, 2.05) is 6.20 Å². The van der Waals surface area contributed by atoms with Crippen LogP contribution in [0.1, 0.15) is 12.5 Å². The second kappa shape index (κ2) is 3.59. The Labute approximate surface area is 84.0 Å². The van der Waals surface area contributed by atoms with Crippen molar-refractivity contribution in [3.63, 3.8) is 0 Å². The number of ketones is 1. The molecule has 4 nitrogen and oxygen atoms in total. The van der Waals surface area contributed by atoms with Gasteiger partial charge >= 0.3 is 0 Å². The van der Waals surface area contributed by atoms with Crippen molar-refractivity contribution in [1.29, 1.82) is 0 Å². The third-order valence-corrected chi connectivity index (χ3v) is 2.39. The van der Waals surface area contributed by atoms with Gasteiger partial charge in [0, 0.05) is 12.6 Å². The molecule has 1 atom stereocenters. The summed E-state index contributed by atoms with van der Waals surface area (Å²) in [6, 6.07) is 0.0625. The molecule has 2 rings (SSSR count). The van der Waals surface area contributed by atoms with Crippen molar-refractivity contribution < 1.29 is 9.53 Å². The van der Waals surface area contributed by atoms with Crippen molar-refractivity contribution in [1.82, 2.24) is 9.78 Å². The Kier molecular flexibility index (Phi) is 2.46. The minimum Gasteiger partial charge on any atom is -0.371 e. The number of hydrogen-bond acceptors (Lipinski definition) is 3. The first-order chi connectivity index (χ1) is 6.25. The molecule has 1 aromatic rings. The zero-order valence-electron chi connectivity index (χ0n) is 6.94. The Hall–Kier alpha value is -0.680. The van der Waals surface area contributed by atoms with E-state index in [1.165, 1.54) is 0 Å². The van der Waals surface area contributed by atoms with E-state index in [-0.39, 0.29) is 18.4 Å². The molecule has 13 heavy (non-hydrogen) atoms. The molecular formula is C8H9BrN2O2. The highest BCUT2D eigenvalue weighted by atomic mass is 79.9. The third kappa shape index (κ3) is 1.97. The summed E-state index contributed by atoms with van der Waals surface area (Å²) < 4.78 is 7.82. The molecule has 0 radical (unpaired) electrons. The van der Waals surface area contributed by atoms with Gasteiger partial charge in [0.25, 0.3) is 0 Å². The SMILES string of the molecule is O=C1COCC(n2cc(Br)cn2)C1. The number of carbonyl (C=O) groups is 1.